The molecule has 0 bridgehead atoms. The standard InChI is InChI=1S/C10H11F3N2O4S/c11-10(12,13)7-14-20(18,19)15(6-9(16)17)8-4-2-1-3-5-8/h1-5,14H,6-7H2,(H,16,17). The van der Waals surface area contributed by atoms with Crippen LogP contribution in [0.25, 0.3) is 0 Å². The summed E-state index contributed by atoms with van der Waals surface area (Å²) in [6.45, 7) is -2.77. The Balaban J connectivity index is 3.02. The van der Waals surface area contributed by atoms with Crippen molar-refractivity contribution in [1.29, 1.82) is 0 Å². The lowest BCUT2D eigenvalue weighted by Gasteiger charge is -2.23. The number of aliphatic carboxylic acids is 1. The maximum Gasteiger partial charge on any atom is 0.402 e. The van der Waals surface area contributed by atoms with Crippen LogP contribution in [0.2, 0.25) is 0 Å². The zero-order valence-electron chi connectivity index (χ0n) is 9.96. The van der Waals surface area contributed by atoms with Gasteiger partial charge in [0, 0.05) is 0 Å². The zero-order valence-corrected chi connectivity index (χ0v) is 10.8. The molecule has 0 saturated heterocycles. The molecule has 0 amide bonds. The van der Waals surface area contributed by atoms with Gasteiger partial charge in [-0.05, 0) is 12.1 Å². The lowest BCUT2D eigenvalue weighted by atomic mass is 10.3. The second kappa shape index (κ2) is 6.09. The quantitative estimate of drug-likeness (QED) is 0.819. The lowest BCUT2D eigenvalue weighted by molar-refractivity contribution is -0.135. The van der Waals surface area contributed by atoms with Crippen LogP contribution >= 0.6 is 0 Å². The van der Waals surface area contributed by atoms with Crippen molar-refractivity contribution in [1.82, 2.24) is 4.72 Å². The van der Waals surface area contributed by atoms with Gasteiger partial charge < -0.3 is 5.11 Å². The van der Waals surface area contributed by atoms with Gasteiger partial charge in [0.1, 0.15) is 13.1 Å². The topological polar surface area (TPSA) is 86.7 Å². The SMILES string of the molecule is O=C(O)CN(c1ccccc1)S(=O)(=O)NCC(F)(F)F. The number of hydrogen-bond donors (Lipinski definition) is 2. The highest BCUT2D eigenvalue weighted by Gasteiger charge is 2.32. The van der Waals surface area contributed by atoms with Crippen LogP contribution in [0.4, 0.5) is 18.9 Å². The minimum atomic E-state index is -4.74. The summed E-state index contributed by atoms with van der Waals surface area (Å²) in [5.74, 6) is -1.49. The maximum absolute atomic E-state index is 12.1. The first-order chi connectivity index (χ1) is 9.12. The van der Waals surface area contributed by atoms with Gasteiger partial charge in [-0.25, -0.2) is 4.31 Å². The fourth-order valence-electron chi connectivity index (χ4n) is 1.28. The smallest absolute Gasteiger partial charge is 0.402 e. The number of alkyl halides is 3. The molecular weight excluding hydrogens is 301 g/mol. The largest absolute Gasteiger partial charge is 0.480 e. The molecule has 0 radical (unpaired) electrons. The maximum atomic E-state index is 12.1. The minimum Gasteiger partial charge on any atom is -0.480 e. The van der Waals surface area contributed by atoms with Gasteiger partial charge in [0.2, 0.25) is 0 Å². The summed E-state index contributed by atoms with van der Waals surface area (Å²) in [5, 5.41) is 8.68. The van der Waals surface area contributed by atoms with E-state index < -0.39 is 35.4 Å². The summed E-state index contributed by atoms with van der Waals surface area (Å²) in [7, 11) is -4.62. The van der Waals surface area contributed by atoms with Gasteiger partial charge in [-0.3, -0.25) is 4.79 Å². The molecule has 10 heteroatoms. The average molecular weight is 312 g/mol. The summed E-state index contributed by atoms with van der Waals surface area (Å²) in [6.07, 6.45) is -4.74. The van der Waals surface area contributed by atoms with Crippen LogP contribution in [0, 0.1) is 0 Å². The number of nitrogens with zero attached hydrogens (tertiary/aromatic N) is 1. The molecule has 0 aliphatic rings. The number of carbonyl (C=O) groups is 1. The Bertz CT molecular complexity index is 560. The third kappa shape index (κ3) is 5.05. The molecule has 0 aliphatic heterocycles. The normalized spacial score (nSPS) is 12.2. The van der Waals surface area contributed by atoms with Crippen LogP contribution in [-0.2, 0) is 15.0 Å². The number of anilines is 1. The highest BCUT2D eigenvalue weighted by Crippen LogP contribution is 2.18. The van der Waals surface area contributed by atoms with Crippen molar-refractivity contribution in [2.75, 3.05) is 17.4 Å². The molecule has 0 aliphatic carbocycles. The van der Waals surface area contributed by atoms with Gasteiger partial charge in [0.15, 0.2) is 0 Å². The number of carboxylic acid groups (broad SMARTS) is 1. The first kappa shape index (κ1) is 16.2. The van der Waals surface area contributed by atoms with E-state index in [0.29, 0.717) is 4.31 Å². The Morgan fingerprint density at radius 1 is 1.25 bits per heavy atom. The van der Waals surface area contributed by atoms with E-state index in [-0.39, 0.29) is 5.69 Å². The molecule has 0 atom stereocenters. The highest BCUT2D eigenvalue weighted by atomic mass is 32.2. The molecule has 0 spiro atoms. The number of benzene rings is 1. The Morgan fingerprint density at radius 3 is 2.25 bits per heavy atom. The van der Waals surface area contributed by atoms with Crippen LogP contribution in [-0.4, -0.2) is 38.8 Å². The fourth-order valence-corrected chi connectivity index (χ4v) is 2.46. The third-order valence-corrected chi connectivity index (χ3v) is 3.50. The van der Waals surface area contributed by atoms with Crippen molar-refractivity contribution in [2.45, 2.75) is 6.18 Å². The second-order valence-electron chi connectivity index (χ2n) is 3.68. The molecule has 1 rings (SSSR count). The van der Waals surface area contributed by atoms with E-state index in [2.05, 4.69) is 0 Å². The van der Waals surface area contributed by atoms with Crippen molar-refractivity contribution in [3.63, 3.8) is 0 Å². The average Bonchev–Trinajstić information content (AvgIpc) is 2.34. The zero-order chi connectivity index (χ0) is 15.4. The predicted molar refractivity (Wildman–Crippen MR) is 64.4 cm³/mol. The molecule has 0 unspecified atom stereocenters. The van der Waals surface area contributed by atoms with E-state index in [1.807, 2.05) is 0 Å². The molecule has 6 nitrogen and oxygen atoms in total. The third-order valence-electron chi connectivity index (χ3n) is 2.07. The summed E-state index contributed by atoms with van der Waals surface area (Å²) in [5.41, 5.74) is -0.0513. The lowest BCUT2D eigenvalue weighted by Crippen LogP contribution is -2.46. The molecule has 0 fully saturated rings. The van der Waals surface area contributed by atoms with Gasteiger partial charge in [-0.2, -0.15) is 26.3 Å². The first-order valence-electron chi connectivity index (χ1n) is 5.23. The van der Waals surface area contributed by atoms with Gasteiger partial charge >= 0.3 is 22.4 Å². The van der Waals surface area contributed by atoms with Gasteiger partial charge in [-0.15, -0.1) is 0 Å². The van der Waals surface area contributed by atoms with Crippen LogP contribution in [0.1, 0.15) is 0 Å². The molecule has 20 heavy (non-hydrogen) atoms. The van der Waals surface area contributed by atoms with Crippen LogP contribution < -0.4 is 9.03 Å². The van der Waals surface area contributed by atoms with E-state index in [0.717, 1.165) is 0 Å². The van der Waals surface area contributed by atoms with E-state index in [1.165, 1.54) is 29.0 Å². The number of nitrogens with one attached hydrogen (secondary N) is 1. The summed E-state index contributed by atoms with van der Waals surface area (Å²) in [6, 6.07) is 6.97. The van der Waals surface area contributed by atoms with Crippen LogP contribution in [0.15, 0.2) is 30.3 Å². The van der Waals surface area contributed by atoms with E-state index in [4.69, 9.17) is 5.11 Å². The number of hydrogen-bond acceptors (Lipinski definition) is 3. The van der Waals surface area contributed by atoms with Crippen LogP contribution in [0.3, 0.4) is 0 Å². The molecule has 0 heterocycles. The number of para-hydroxylation sites is 1. The Kier molecular flexibility index (Phi) is 4.95. The van der Waals surface area contributed by atoms with Crippen LogP contribution in [0.5, 0.6) is 0 Å². The summed E-state index contributed by atoms with van der Waals surface area (Å²) < 4.78 is 61.3. The number of halogens is 3. The number of rotatable bonds is 6. The predicted octanol–water partition coefficient (Wildman–Crippen LogP) is 0.974. The fraction of sp³-hybridized carbons (Fsp3) is 0.300. The van der Waals surface area contributed by atoms with E-state index in [1.54, 1.807) is 6.07 Å². The summed E-state index contributed by atoms with van der Waals surface area (Å²) in [4.78, 5) is 10.7. The highest BCUT2D eigenvalue weighted by molar-refractivity contribution is 7.90. The molecule has 112 valence electrons. The molecule has 0 saturated carbocycles. The van der Waals surface area contributed by atoms with Crippen molar-refractivity contribution in [3.8, 4) is 0 Å². The van der Waals surface area contributed by atoms with Crippen molar-refractivity contribution < 1.29 is 31.5 Å². The molecule has 1 aromatic rings. The Labute approximate surface area is 113 Å². The van der Waals surface area contributed by atoms with Crippen molar-refractivity contribution in [3.05, 3.63) is 30.3 Å². The van der Waals surface area contributed by atoms with E-state index in [9.17, 15) is 26.4 Å². The number of carboxylic acids is 1. The van der Waals surface area contributed by atoms with Crippen molar-refractivity contribution >= 4 is 21.9 Å². The Morgan fingerprint density at radius 2 is 1.80 bits per heavy atom. The summed E-state index contributed by atoms with van der Waals surface area (Å²) >= 11 is 0. The molecule has 0 aromatic heterocycles. The first-order valence-corrected chi connectivity index (χ1v) is 6.67. The van der Waals surface area contributed by atoms with Gasteiger partial charge in [0.25, 0.3) is 0 Å². The van der Waals surface area contributed by atoms with E-state index >= 15 is 0 Å². The Hall–Kier alpha value is -1.81. The van der Waals surface area contributed by atoms with Gasteiger partial charge in [0.05, 0.1) is 5.69 Å². The second-order valence-corrected chi connectivity index (χ2v) is 5.36. The molecule has 2 N–H and O–H groups in total. The van der Waals surface area contributed by atoms with Crippen molar-refractivity contribution in [2.24, 2.45) is 0 Å². The molecule has 1 aromatic carbocycles. The molecular formula is C10H11F3N2O4S. The minimum absolute atomic E-state index is 0.0513. The monoisotopic (exact) mass is 312 g/mol. The van der Waals surface area contributed by atoms with Gasteiger partial charge in [-0.1, -0.05) is 18.2 Å².